The average Bonchev–Trinajstić information content (AvgIpc) is 2.61. The van der Waals surface area contributed by atoms with Crippen molar-refractivity contribution in [3.8, 4) is 5.75 Å². The van der Waals surface area contributed by atoms with Crippen LogP contribution in [0.3, 0.4) is 0 Å². The van der Waals surface area contributed by atoms with Crippen molar-refractivity contribution >= 4 is 11.8 Å². The summed E-state index contributed by atoms with van der Waals surface area (Å²) in [5, 5.41) is 18.2. The van der Waals surface area contributed by atoms with Crippen molar-refractivity contribution in [1.82, 2.24) is 0 Å². The van der Waals surface area contributed by atoms with E-state index in [1.54, 1.807) is 12.1 Å². The number of amides is 1. The summed E-state index contributed by atoms with van der Waals surface area (Å²) in [5.41, 5.74) is 0.606. The van der Waals surface area contributed by atoms with Gasteiger partial charge in [0.15, 0.2) is 0 Å². The molecule has 1 aliphatic rings. The Labute approximate surface area is 86.5 Å². The summed E-state index contributed by atoms with van der Waals surface area (Å²) in [4.78, 5) is 12.7. The zero-order valence-corrected chi connectivity index (χ0v) is 7.96. The summed E-state index contributed by atoms with van der Waals surface area (Å²) in [6.07, 6.45) is -0.472. The molecule has 1 fully saturated rings. The molecule has 0 spiro atoms. The number of aliphatic hydroxyl groups is 1. The van der Waals surface area contributed by atoms with Crippen LogP contribution in [-0.2, 0) is 4.74 Å². The predicted molar refractivity (Wildman–Crippen MR) is 52.8 cm³/mol. The van der Waals surface area contributed by atoms with Crippen LogP contribution in [-0.4, -0.2) is 35.6 Å². The molecule has 1 heterocycles. The number of phenols is 1. The molecular weight excluding hydrogens is 198 g/mol. The lowest BCUT2D eigenvalue weighted by Gasteiger charge is -2.19. The van der Waals surface area contributed by atoms with Crippen LogP contribution in [0, 0.1) is 0 Å². The van der Waals surface area contributed by atoms with Crippen molar-refractivity contribution < 1.29 is 19.7 Å². The van der Waals surface area contributed by atoms with E-state index in [0.717, 1.165) is 0 Å². The van der Waals surface area contributed by atoms with Crippen LogP contribution in [0.25, 0.3) is 0 Å². The topological polar surface area (TPSA) is 70.0 Å². The SMILES string of the molecule is O=C1OCC(CO)N1c1ccc(O)cc1. The average molecular weight is 209 g/mol. The molecule has 1 aromatic rings. The van der Waals surface area contributed by atoms with E-state index in [9.17, 15) is 4.79 Å². The number of rotatable bonds is 2. The maximum Gasteiger partial charge on any atom is 0.414 e. The zero-order valence-electron chi connectivity index (χ0n) is 7.96. The number of anilines is 1. The Morgan fingerprint density at radius 3 is 2.67 bits per heavy atom. The van der Waals surface area contributed by atoms with Gasteiger partial charge in [0.2, 0.25) is 0 Å². The quantitative estimate of drug-likeness (QED) is 0.752. The minimum Gasteiger partial charge on any atom is -0.508 e. The number of benzene rings is 1. The van der Waals surface area contributed by atoms with Gasteiger partial charge >= 0.3 is 6.09 Å². The summed E-state index contributed by atoms with van der Waals surface area (Å²) in [6.45, 7) is 0.0445. The molecule has 1 saturated heterocycles. The van der Waals surface area contributed by atoms with Gasteiger partial charge in [0.25, 0.3) is 0 Å². The molecule has 2 rings (SSSR count). The molecule has 2 N–H and O–H groups in total. The molecule has 0 aliphatic carbocycles. The number of carbonyl (C=O) groups is 1. The first-order valence-electron chi connectivity index (χ1n) is 4.58. The first kappa shape index (κ1) is 9.79. The van der Waals surface area contributed by atoms with Gasteiger partial charge < -0.3 is 14.9 Å². The molecule has 1 amide bonds. The monoisotopic (exact) mass is 209 g/mol. The van der Waals surface area contributed by atoms with Crippen LogP contribution in [0.5, 0.6) is 5.75 Å². The Morgan fingerprint density at radius 1 is 1.40 bits per heavy atom. The second-order valence-corrected chi connectivity index (χ2v) is 3.30. The Balaban J connectivity index is 2.28. The lowest BCUT2D eigenvalue weighted by atomic mass is 10.2. The Kier molecular flexibility index (Phi) is 2.47. The Hall–Kier alpha value is -1.75. The smallest absolute Gasteiger partial charge is 0.414 e. The van der Waals surface area contributed by atoms with Gasteiger partial charge in [-0.2, -0.15) is 0 Å². The fourth-order valence-electron chi connectivity index (χ4n) is 1.52. The van der Waals surface area contributed by atoms with Gasteiger partial charge in [0.1, 0.15) is 12.4 Å². The highest BCUT2D eigenvalue weighted by molar-refractivity contribution is 5.90. The number of aliphatic hydroxyl groups excluding tert-OH is 1. The molecule has 0 bridgehead atoms. The molecule has 0 radical (unpaired) electrons. The van der Waals surface area contributed by atoms with Crippen LogP contribution in [0.15, 0.2) is 24.3 Å². The molecule has 80 valence electrons. The van der Waals surface area contributed by atoms with Crippen molar-refractivity contribution in [2.24, 2.45) is 0 Å². The van der Waals surface area contributed by atoms with E-state index in [1.807, 2.05) is 0 Å². The molecule has 1 unspecified atom stereocenters. The highest BCUT2D eigenvalue weighted by Crippen LogP contribution is 2.24. The molecule has 0 aromatic heterocycles. The van der Waals surface area contributed by atoms with Gasteiger partial charge in [-0.3, -0.25) is 4.90 Å². The summed E-state index contributed by atoms with van der Waals surface area (Å²) in [5.74, 6) is 0.131. The fraction of sp³-hybridized carbons (Fsp3) is 0.300. The summed E-state index contributed by atoms with van der Waals surface area (Å²) >= 11 is 0. The second kappa shape index (κ2) is 3.78. The van der Waals surface area contributed by atoms with Crippen molar-refractivity contribution in [3.63, 3.8) is 0 Å². The third-order valence-electron chi connectivity index (χ3n) is 2.30. The maximum absolute atomic E-state index is 11.4. The summed E-state index contributed by atoms with van der Waals surface area (Å²) in [7, 11) is 0. The lowest BCUT2D eigenvalue weighted by Crippen LogP contribution is -2.35. The van der Waals surface area contributed by atoms with Crippen LogP contribution in [0.2, 0.25) is 0 Å². The van der Waals surface area contributed by atoms with Crippen LogP contribution in [0.1, 0.15) is 0 Å². The minimum absolute atomic E-state index is 0.131. The first-order valence-corrected chi connectivity index (χ1v) is 4.58. The standard InChI is InChI=1S/C10H11NO4/c12-5-8-6-15-10(14)11(8)7-1-3-9(13)4-2-7/h1-4,8,12-13H,5-6H2. The van der Waals surface area contributed by atoms with E-state index in [1.165, 1.54) is 17.0 Å². The van der Waals surface area contributed by atoms with Crippen LogP contribution >= 0.6 is 0 Å². The van der Waals surface area contributed by atoms with Gasteiger partial charge in [-0.1, -0.05) is 0 Å². The number of hydrogen-bond donors (Lipinski definition) is 2. The van der Waals surface area contributed by atoms with Crippen molar-refractivity contribution in [2.45, 2.75) is 6.04 Å². The van der Waals surface area contributed by atoms with Gasteiger partial charge in [-0.15, -0.1) is 0 Å². The van der Waals surface area contributed by atoms with Crippen LogP contribution < -0.4 is 4.90 Å². The van der Waals surface area contributed by atoms with Crippen molar-refractivity contribution in [3.05, 3.63) is 24.3 Å². The van der Waals surface area contributed by atoms with E-state index in [4.69, 9.17) is 14.9 Å². The largest absolute Gasteiger partial charge is 0.508 e. The molecular formula is C10H11NO4. The van der Waals surface area contributed by atoms with Gasteiger partial charge in [0, 0.05) is 5.69 Å². The van der Waals surface area contributed by atoms with Crippen LogP contribution in [0.4, 0.5) is 10.5 Å². The highest BCUT2D eigenvalue weighted by atomic mass is 16.6. The first-order chi connectivity index (χ1) is 7.22. The van der Waals surface area contributed by atoms with E-state index in [0.29, 0.717) is 5.69 Å². The lowest BCUT2D eigenvalue weighted by molar-refractivity contribution is 0.174. The van der Waals surface area contributed by atoms with E-state index < -0.39 is 6.09 Å². The van der Waals surface area contributed by atoms with Crippen molar-refractivity contribution in [2.75, 3.05) is 18.1 Å². The van der Waals surface area contributed by atoms with E-state index in [-0.39, 0.29) is 25.0 Å². The molecule has 1 atom stereocenters. The Bertz CT molecular complexity index is 362. The van der Waals surface area contributed by atoms with Gasteiger partial charge in [0.05, 0.1) is 12.6 Å². The van der Waals surface area contributed by atoms with Gasteiger partial charge in [-0.25, -0.2) is 4.79 Å². The van der Waals surface area contributed by atoms with Crippen molar-refractivity contribution in [1.29, 1.82) is 0 Å². The number of nitrogens with zero attached hydrogens (tertiary/aromatic N) is 1. The summed E-state index contributed by atoms with van der Waals surface area (Å²) < 4.78 is 4.82. The highest BCUT2D eigenvalue weighted by Gasteiger charge is 2.33. The second-order valence-electron chi connectivity index (χ2n) is 3.30. The molecule has 1 aromatic carbocycles. The van der Waals surface area contributed by atoms with E-state index >= 15 is 0 Å². The molecule has 15 heavy (non-hydrogen) atoms. The minimum atomic E-state index is -0.472. The third kappa shape index (κ3) is 1.73. The number of cyclic esters (lactones) is 1. The predicted octanol–water partition coefficient (Wildman–Crippen LogP) is 0.710. The number of phenolic OH excluding ortho intramolecular Hbond substituents is 1. The van der Waals surface area contributed by atoms with Gasteiger partial charge in [-0.05, 0) is 24.3 Å². The molecule has 0 saturated carbocycles. The molecule has 5 nitrogen and oxygen atoms in total. The maximum atomic E-state index is 11.4. The Morgan fingerprint density at radius 2 is 2.07 bits per heavy atom. The molecule has 5 heteroatoms. The number of hydrogen-bond acceptors (Lipinski definition) is 4. The normalized spacial score (nSPS) is 20.5. The zero-order chi connectivity index (χ0) is 10.8. The third-order valence-corrected chi connectivity index (χ3v) is 2.30. The fourth-order valence-corrected chi connectivity index (χ4v) is 1.52. The summed E-state index contributed by atoms with van der Waals surface area (Å²) in [6, 6.07) is 5.82. The number of aromatic hydroxyl groups is 1. The number of ether oxygens (including phenoxy) is 1. The number of carbonyl (C=O) groups excluding carboxylic acids is 1. The van der Waals surface area contributed by atoms with E-state index in [2.05, 4.69) is 0 Å². The molecule has 1 aliphatic heterocycles.